The van der Waals surface area contributed by atoms with Gasteiger partial charge in [-0.3, -0.25) is 4.99 Å². The molecule has 0 amide bonds. The molecule has 0 aliphatic rings. The average Bonchev–Trinajstić information content (AvgIpc) is 2.81. The minimum Gasteiger partial charge on any atom is -0.455 e. The van der Waals surface area contributed by atoms with E-state index in [0.717, 1.165) is 22.4 Å². The van der Waals surface area contributed by atoms with Gasteiger partial charge in [-0.1, -0.05) is 35.9 Å². The molecule has 3 rings (SSSR count). The number of hydrogen-bond acceptors (Lipinski definition) is 2. The third-order valence-electron chi connectivity index (χ3n) is 2.82. The molecule has 0 aliphatic carbocycles. The van der Waals surface area contributed by atoms with Crippen LogP contribution in [0.15, 0.2) is 64.0 Å². The van der Waals surface area contributed by atoms with E-state index >= 15 is 0 Å². The molecule has 0 N–H and O–H groups in total. The van der Waals surface area contributed by atoms with Crippen molar-refractivity contribution in [1.82, 2.24) is 0 Å². The van der Waals surface area contributed by atoms with Crippen molar-refractivity contribution >= 4 is 22.9 Å². The lowest BCUT2D eigenvalue weighted by molar-refractivity contribution is 0.608. The minimum absolute atomic E-state index is 0.775. The predicted molar refractivity (Wildman–Crippen MR) is 74.6 cm³/mol. The summed E-state index contributed by atoms with van der Waals surface area (Å²) in [6.45, 7) is 2.06. The van der Waals surface area contributed by atoms with Gasteiger partial charge in [-0.2, -0.15) is 0 Å². The highest BCUT2D eigenvalue weighted by atomic mass is 16.3. The van der Waals surface area contributed by atoms with Crippen LogP contribution < -0.4 is 0 Å². The summed E-state index contributed by atoms with van der Waals surface area (Å²) in [4.78, 5) is 4.39. The number of aliphatic imine (C=N–C) groups is 1. The van der Waals surface area contributed by atoms with Crippen LogP contribution in [0.4, 0.5) is 5.69 Å². The van der Waals surface area contributed by atoms with Gasteiger partial charge in [0.05, 0.1) is 11.9 Å². The van der Waals surface area contributed by atoms with E-state index in [9.17, 15) is 0 Å². The highest BCUT2D eigenvalue weighted by Crippen LogP contribution is 2.18. The van der Waals surface area contributed by atoms with Crippen molar-refractivity contribution in [3.63, 3.8) is 0 Å². The molecular weight excluding hydrogens is 222 g/mol. The Morgan fingerprint density at radius 3 is 2.56 bits per heavy atom. The molecule has 0 unspecified atom stereocenters. The lowest BCUT2D eigenvalue weighted by atomic mass is 10.2. The van der Waals surface area contributed by atoms with Crippen LogP contribution >= 0.6 is 0 Å². The van der Waals surface area contributed by atoms with Gasteiger partial charge in [0.2, 0.25) is 0 Å². The maximum absolute atomic E-state index is 5.66. The first-order valence-corrected chi connectivity index (χ1v) is 5.90. The minimum atomic E-state index is 0.775. The number of benzene rings is 2. The van der Waals surface area contributed by atoms with E-state index < -0.39 is 0 Å². The smallest absolute Gasteiger partial charge is 0.146 e. The zero-order valence-corrected chi connectivity index (χ0v) is 10.1. The molecule has 0 fully saturated rings. The van der Waals surface area contributed by atoms with Gasteiger partial charge in [0.15, 0.2) is 0 Å². The number of furan rings is 1. The van der Waals surface area contributed by atoms with Crippen LogP contribution in [0.5, 0.6) is 0 Å². The van der Waals surface area contributed by atoms with Gasteiger partial charge in [0.1, 0.15) is 11.3 Å². The molecule has 0 saturated heterocycles. The van der Waals surface area contributed by atoms with Crippen LogP contribution in [0.2, 0.25) is 0 Å². The molecule has 0 aliphatic heterocycles. The summed E-state index contributed by atoms with van der Waals surface area (Å²) in [6.07, 6.45) is 1.75. The van der Waals surface area contributed by atoms with E-state index in [4.69, 9.17) is 4.42 Å². The van der Waals surface area contributed by atoms with Gasteiger partial charge in [-0.15, -0.1) is 0 Å². The van der Waals surface area contributed by atoms with Gasteiger partial charge >= 0.3 is 0 Å². The molecule has 2 heteroatoms. The van der Waals surface area contributed by atoms with Gasteiger partial charge < -0.3 is 4.42 Å². The van der Waals surface area contributed by atoms with Crippen LogP contribution in [-0.2, 0) is 0 Å². The maximum Gasteiger partial charge on any atom is 0.146 e. The molecule has 1 heterocycles. The average molecular weight is 235 g/mol. The number of aryl methyl sites for hydroxylation is 1. The van der Waals surface area contributed by atoms with Crippen molar-refractivity contribution in [2.24, 2.45) is 4.99 Å². The summed E-state index contributed by atoms with van der Waals surface area (Å²) in [6, 6.07) is 18.0. The Kier molecular flexibility index (Phi) is 2.69. The van der Waals surface area contributed by atoms with Crippen LogP contribution in [-0.4, -0.2) is 6.21 Å². The Hall–Kier alpha value is -2.35. The quantitative estimate of drug-likeness (QED) is 0.601. The van der Waals surface area contributed by atoms with Gasteiger partial charge in [-0.05, 0) is 31.2 Å². The third kappa shape index (κ3) is 2.18. The summed E-state index contributed by atoms with van der Waals surface area (Å²) in [5.41, 5.74) is 3.06. The van der Waals surface area contributed by atoms with Gasteiger partial charge in [0.25, 0.3) is 0 Å². The Bertz CT molecular complexity index is 659. The zero-order valence-electron chi connectivity index (χ0n) is 10.1. The highest BCUT2D eigenvalue weighted by molar-refractivity contribution is 5.87. The molecule has 1 aromatic heterocycles. The lowest BCUT2D eigenvalue weighted by Crippen LogP contribution is -1.74. The lowest BCUT2D eigenvalue weighted by Gasteiger charge is -1.93. The Labute approximate surface area is 106 Å². The fraction of sp³-hybridized carbons (Fsp3) is 0.0625. The van der Waals surface area contributed by atoms with Gasteiger partial charge in [0, 0.05) is 5.39 Å². The molecule has 0 bridgehead atoms. The second kappa shape index (κ2) is 4.49. The first-order chi connectivity index (χ1) is 8.81. The SMILES string of the molecule is Cc1ccc(N=Cc2cc3ccccc3o2)cc1. The largest absolute Gasteiger partial charge is 0.455 e. The van der Waals surface area contributed by atoms with Crippen LogP contribution in [0, 0.1) is 6.92 Å². The zero-order chi connectivity index (χ0) is 12.4. The summed E-state index contributed by atoms with van der Waals surface area (Å²) < 4.78 is 5.66. The molecule has 2 nitrogen and oxygen atoms in total. The number of fused-ring (bicyclic) bond motifs is 1. The molecule has 0 saturated carbocycles. The molecule has 0 radical (unpaired) electrons. The number of nitrogens with zero attached hydrogens (tertiary/aromatic N) is 1. The molecule has 88 valence electrons. The Balaban J connectivity index is 1.89. The monoisotopic (exact) mass is 235 g/mol. The highest BCUT2D eigenvalue weighted by Gasteiger charge is 1.99. The molecule has 2 aromatic carbocycles. The molecule has 0 atom stereocenters. The summed E-state index contributed by atoms with van der Waals surface area (Å²) >= 11 is 0. The van der Waals surface area contributed by atoms with E-state index in [2.05, 4.69) is 11.9 Å². The second-order valence-electron chi connectivity index (χ2n) is 4.28. The molecule has 18 heavy (non-hydrogen) atoms. The van der Waals surface area contributed by atoms with Crippen LogP contribution in [0.1, 0.15) is 11.3 Å². The number of hydrogen-bond donors (Lipinski definition) is 0. The summed E-state index contributed by atoms with van der Waals surface area (Å²) in [5, 5.41) is 1.10. The fourth-order valence-electron chi connectivity index (χ4n) is 1.84. The van der Waals surface area contributed by atoms with Crippen molar-refractivity contribution in [2.45, 2.75) is 6.92 Å². The molecule has 0 spiro atoms. The first-order valence-electron chi connectivity index (χ1n) is 5.90. The molecular formula is C16H13NO. The van der Waals surface area contributed by atoms with E-state index in [1.165, 1.54) is 5.56 Å². The standard InChI is InChI=1S/C16H13NO/c1-12-6-8-14(9-7-12)17-11-15-10-13-4-2-3-5-16(13)18-15/h2-11H,1H3. The number of rotatable bonds is 2. The third-order valence-corrected chi connectivity index (χ3v) is 2.82. The summed E-state index contributed by atoms with van der Waals surface area (Å²) in [7, 11) is 0. The fourth-order valence-corrected chi connectivity index (χ4v) is 1.84. The Morgan fingerprint density at radius 2 is 1.78 bits per heavy atom. The van der Waals surface area contributed by atoms with Crippen molar-refractivity contribution in [2.75, 3.05) is 0 Å². The normalized spacial score (nSPS) is 11.4. The van der Waals surface area contributed by atoms with Crippen molar-refractivity contribution in [1.29, 1.82) is 0 Å². The van der Waals surface area contributed by atoms with Crippen molar-refractivity contribution in [3.05, 3.63) is 65.9 Å². The van der Waals surface area contributed by atoms with Crippen molar-refractivity contribution < 1.29 is 4.42 Å². The summed E-state index contributed by atoms with van der Waals surface area (Å²) in [5.74, 6) is 0.775. The van der Waals surface area contributed by atoms with Crippen LogP contribution in [0.25, 0.3) is 11.0 Å². The van der Waals surface area contributed by atoms with Gasteiger partial charge in [-0.25, -0.2) is 0 Å². The topological polar surface area (TPSA) is 25.5 Å². The maximum atomic E-state index is 5.66. The Morgan fingerprint density at radius 1 is 1.00 bits per heavy atom. The molecule has 3 aromatic rings. The van der Waals surface area contributed by atoms with E-state index in [0.29, 0.717) is 0 Å². The van der Waals surface area contributed by atoms with E-state index in [1.54, 1.807) is 6.21 Å². The second-order valence-corrected chi connectivity index (χ2v) is 4.28. The van der Waals surface area contributed by atoms with E-state index in [-0.39, 0.29) is 0 Å². The number of para-hydroxylation sites is 1. The van der Waals surface area contributed by atoms with Crippen LogP contribution in [0.3, 0.4) is 0 Å². The first kappa shape index (κ1) is 10.8. The predicted octanol–water partition coefficient (Wildman–Crippen LogP) is 4.49. The van der Waals surface area contributed by atoms with Crippen molar-refractivity contribution in [3.8, 4) is 0 Å². The van der Waals surface area contributed by atoms with E-state index in [1.807, 2.05) is 54.6 Å².